The second kappa shape index (κ2) is 9.96. The molecule has 1 fully saturated rings. The third kappa shape index (κ3) is 5.98. The molecule has 0 bridgehead atoms. The van der Waals surface area contributed by atoms with Gasteiger partial charge in [-0.25, -0.2) is 4.79 Å². The molecule has 2 aromatic carbocycles. The summed E-state index contributed by atoms with van der Waals surface area (Å²) in [6.45, 7) is 5.85. The van der Waals surface area contributed by atoms with Gasteiger partial charge in [-0.1, -0.05) is 35.9 Å². The van der Waals surface area contributed by atoms with E-state index in [9.17, 15) is 9.59 Å². The molecule has 154 valence electrons. The van der Waals surface area contributed by atoms with Gasteiger partial charge in [0.2, 0.25) is 0 Å². The van der Waals surface area contributed by atoms with E-state index in [1.54, 1.807) is 24.0 Å². The van der Waals surface area contributed by atoms with Crippen molar-refractivity contribution in [3.8, 4) is 5.75 Å². The van der Waals surface area contributed by atoms with Gasteiger partial charge in [0.15, 0.2) is 0 Å². The van der Waals surface area contributed by atoms with Crippen LogP contribution in [0.4, 0.5) is 4.79 Å². The Kier molecular flexibility index (Phi) is 7.11. The van der Waals surface area contributed by atoms with Gasteiger partial charge in [-0.15, -0.1) is 0 Å². The third-order valence-corrected chi connectivity index (χ3v) is 4.94. The molecule has 29 heavy (non-hydrogen) atoms. The van der Waals surface area contributed by atoms with Crippen molar-refractivity contribution in [1.29, 1.82) is 0 Å². The molecule has 0 unspecified atom stereocenters. The Balaban J connectivity index is 1.51. The second-order valence-electron chi connectivity index (χ2n) is 7.24. The second-order valence-corrected chi connectivity index (χ2v) is 7.24. The fraction of sp³-hybridized carbons (Fsp3) is 0.391. The normalized spacial score (nSPS) is 14.3. The zero-order chi connectivity index (χ0) is 20.6. The Morgan fingerprint density at radius 1 is 1.10 bits per heavy atom. The molecule has 2 amide bonds. The minimum atomic E-state index is -0.282. The molecule has 0 aliphatic carbocycles. The quantitative estimate of drug-likeness (QED) is 0.803. The van der Waals surface area contributed by atoms with E-state index in [4.69, 9.17) is 9.47 Å². The average molecular weight is 396 g/mol. The number of piperidine rings is 1. The van der Waals surface area contributed by atoms with Gasteiger partial charge in [0.25, 0.3) is 5.91 Å². The number of aryl methyl sites for hydroxylation is 1. The number of hydrogen-bond donors (Lipinski definition) is 1. The van der Waals surface area contributed by atoms with Gasteiger partial charge in [-0.2, -0.15) is 0 Å². The Labute approximate surface area is 171 Å². The van der Waals surface area contributed by atoms with E-state index in [0.717, 1.165) is 5.56 Å². The van der Waals surface area contributed by atoms with Crippen LogP contribution in [-0.2, 0) is 11.3 Å². The van der Waals surface area contributed by atoms with Crippen molar-refractivity contribution in [2.75, 3.05) is 19.7 Å². The van der Waals surface area contributed by atoms with Crippen LogP contribution >= 0.6 is 0 Å². The molecule has 1 aliphatic rings. The van der Waals surface area contributed by atoms with Gasteiger partial charge in [0.05, 0.1) is 6.61 Å². The summed E-state index contributed by atoms with van der Waals surface area (Å²) in [6.07, 6.45) is 1.15. The van der Waals surface area contributed by atoms with Crippen LogP contribution in [0.15, 0.2) is 48.5 Å². The molecule has 0 saturated carbocycles. The van der Waals surface area contributed by atoms with Crippen molar-refractivity contribution >= 4 is 12.0 Å². The molecule has 1 heterocycles. The number of ether oxygens (including phenoxy) is 2. The summed E-state index contributed by atoms with van der Waals surface area (Å²) in [7, 11) is 0. The van der Waals surface area contributed by atoms with E-state index in [1.165, 1.54) is 5.56 Å². The maximum Gasteiger partial charge on any atom is 0.409 e. The molecule has 1 aliphatic heterocycles. The van der Waals surface area contributed by atoms with Gasteiger partial charge in [-0.3, -0.25) is 4.79 Å². The minimum absolute atomic E-state index is 0.0463. The van der Waals surface area contributed by atoms with Crippen LogP contribution in [0.2, 0.25) is 0 Å². The van der Waals surface area contributed by atoms with E-state index in [-0.39, 0.29) is 18.0 Å². The molecule has 6 heteroatoms. The largest absolute Gasteiger partial charge is 0.489 e. The van der Waals surface area contributed by atoms with Crippen LogP contribution in [0.1, 0.15) is 41.3 Å². The first-order chi connectivity index (χ1) is 14.0. The van der Waals surface area contributed by atoms with E-state index in [2.05, 4.69) is 11.4 Å². The molecular weight excluding hydrogens is 368 g/mol. The molecule has 0 aromatic heterocycles. The lowest BCUT2D eigenvalue weighted by Crippen LogP contribution is -2.46. The van der Waals surface area contributed by atoms with Gasteiger partial charge in [0.1, 0.15) is 12.4 Å². The molecule has 2 aromatic rings. The summed E-state index contributed by atoms with van der Waals surface area (Å²) in [5.41, 5.74) is 2.85. The maximum atomic E-state index is 12.6. The number of likely N-dealkylation sites (tertiary alicyclic amines) is 1. The van der Waals surface area contributed by atoms with Crippen molar-refractivity contribution in [2.45, 2.75) is 39.3 Å². The number of nitrogens with zero attached hydrogens (tertiary/aromatic N) is 1. The van der Waals surface area contributed by atoms with Crippen LogP contribution in [0.25, 0.3) is 0 Å². The van der Waals surface area contributed by atoms with Crippen LogP contribution in [0.5, 0.6) is 5.75 Å². The Morgan fingerprint density at radius 3 is 2.59 bits per heavy atom. The summed E-state index contributed by atoms with van der Waals surface area (Å²) in [6, 6.07) is 15.4. The minimum Gasteiger partial charge on any atom is -0.489 e. The molecule has 6 nitrogen and oxygen atoms in total. The number of amides is 2. The lowest BCUT2D eigenvalue weighted by atomic mass is 10.0. The number of carbonyl (C=O) groups is 2. The molecule has 1 N–H and O–H groups in total. The predicted octanol–water partition coefficient (Wildman–Crippen LogP) is 3.92. The van der Waals surface area contributed by atoms with Crippen molar-refractivity contribution in [2.24, 2.45) is 0 Å². The first-order valence-corrected chi connectivity index (χ1v) is 10.1. The number of carbonyl (C=O) groups excluding carboxylic acids is 2. The zero-order valence-electron chi connectivity index (χ0n) is 17.0. The van der Waals surface area contributed by atoms with E-state index in [0.29, 0.717) is 50.5 Å². The highest BCUT2D eigenvalue weighted by atomic mass is 16.6. The van der Waals surface area contributed by atoms with E-state index in [1.807, 2.05) is 37.3 Å². The van der Waals surface area contributed by atoms with Gasteiger partial charge >= 0.3 is 6.09 Å². The standard InChI is InChI=1S/C23H28N2O4/c1-3-28-23(27)25-12-10-20(11-13-25)24-22(26)19-8-5-9-21(15-19)29-16-18-7-4-6-17(2)14-18/h4-9,14-15,20H,3,10-13,16H2,1-2H3,(H,24,26). The SMILES string of the molecule is CCOC(=O)N1CCC(NC(=O)c2cccc(OCc3cccc(C)c3)c2)CC1. The lowest BCUT2D eigenvalue weighted by Gasteiger charge is -2.31. The highest BCUT2D eigenvalue weighted by molar-refractivity contribution is 5.94. The first-order valence-electron chi connectivity index (χ1n) is 10.1. The zero-order valence-corrected chi connectivity index (χ0v) is 17.0. The number of benzene rings is 2. The van der Waals surface area contributed by atoms with Gasteiger partial charge in [-0.05, 0) is 50.5 Å². The first kappa shape index (κ1) is 20.7. The summed E-state index contributed by atoms with van der Waals surface area (Å²) in [4.78, 5) is 26.1. The van der Waals surface area contributed by atoms with Crippen molar-refractivity contribution in [1.82, 2.24) is 10.2 Å². The van der Waals surface area contributed by atoms with E-state index < -0.39 is 0 Å². The summed E-state index contributed by atoms with van der Waals surface area (Å²) in [5.74, 6) is 0.539. The van der Waals surface area contributed by atoms with Crippen LogP contribution < -0.4 is 10.1 Å². The molecule has 0 spiro atoms. The molecule has 1 saturated heterocycles. The highest BCUT2D eigenvalue weighted by Crippen LogP contribution is 2.17. The number of nitrogens with one attached hydrogen (secondary N) is 1. The van der Waals surface area contributed by atoms with Crippen molar-refractivity contribution < 1.29 is 19.1 Å². The third-order valence-electron chi connectivity index (χ3n) is 4.94. The van der Waals surface area contributed by atoms with Gasteiger partial charge in [0, 0.05) is 24.7 Å². The Hall–Kier alpha value is -3.02. The van der Waals surface area contributed by atoms with Crippen molar-refractivity contribution in [3.05, 3.63) is 65.2 Å². The summed E-state index contributed by atoms with van der Waals surface area (Å²) in [5, 5.41) is 3.06. The van der Waals surface area contributed by atoms with Crippen LogP contribution in [-0.4, -0.2) is 42.6 Å². The maximum absolute atomic E-state index is 12.6. The summed E-state index contributed by atoms with van der Waals surface area (Å²) >= 11 is 0. The fourth-order valence-electron chi connectivity index (χ4n) is 3.39. The van der Waals surface area contributed by atoms with E-state index >= 15 is 0 Å². The van der Waals surface area contributed by atoms with Crippen LogP contribution in [0.3, 0.4) is 0 Å². The molecule has 0 atom stereocenters. The number of rotatable bonds is 6. The predicted molar refractivity (Wildman–Crippen MR) is 111 cm³/mol. The molecule has 3 rings (SSSR count). The van der Waals surface area contributed by atoms with Crippen LogP contribution in [0, 0.1) is 6.92 Å². The number of hydrogen-bond acceptors (Lipinski definition) is 4. The van der Waals surface area contributed by atoms with Crippen molar-refractivity contribution in [3.63, 3.8) is 0 Å². The smallest absolute Gasteiger partial charge is 0.409 e. The summed E-state index contributed by atoms with van der Waals surface area (Å²) < 4.78 is 10.9. The molecule has 0 radical (unpaired) electrons. The fourth-order valence-corrected chi connectivity index (χ4v) is 3.39. The van der Waals surface area contributed by atoms with Gasteiger partial charge < -0.3 is 19.7 Å². The topological polar surface area (TPSA) is 67.9 Å². The Morgan fingerprint density at radius 2 is 1.86 bits per heavy atom. The Bertz CT molecular complexity index is 844. The average Bonchev–Trinajstić information content (AvgIpc) is 2.73. The highest BCUT2D eigenvalue weighted by Gasteiger charge is 2.24. The monoisotopic (exact) mass is 396 g/mol. The lowest BCUT2D eigenvalue weighted by molar-refractivity contribution is 0.0859. The molecular formula is C23H28N2O4.